The van der Waals surface area contributed by atoms with E-state index in [1.807, 2.05) is 51.4 Å². The van der Waals surface area contributed by atoms with Crippen molar-refractivity contribution in [2.24, 2.45) is 0 Å². The number of hydrogen-bond donors (Lipinski definition) is 2. The summed E-state index contributed by atoms with van der Waals surface area (Å²) in [5, 5.41) is 12.1. The molecule has 0 atom stereocenters. The smallest absolute Gasteiger partial charge is 0.255 e. The van der Waals surface area contributed by atoms with E-state index in [1.54, 1.807) is 12.1 Å². The molecule has 22 heavy (non-hydrogen) atoms. The van der Waals surface area contributed by atoms with Gasteiger partial charge in [0.15, 0.2) is 0 Å². The summed E-state index contributed by atoms with van der Waals surface area (Å²) in [4.78, 5) is 14.5. The molecule has 0 unspecified atom stereocenters. The highest BCUT2D eigenvalue weighted by Crippen LogP contribution is 2.18. The third kappa shape index (κ3) is 4.16. The lowest BCUT2D eigenvalue weighted by atomic mass is 10.1. The lowest BCUT2D eigenvalue weighted by molar-refractivity contribution is 0.102. The van der Waals surface area contributed by atoms with E-state index in [9.17, 15) is 9.90 Å². The summed E-state index contributed by atoms with van der Waals surface area (Å²) in [5.74, 6) is -0.140. The summed E-state index contributed by atoms with van der Waals surface area (Å²) in [7, 11) is 3.99. The van der Waals surface area contributed by atoms with Gasteiger partial charge in [-0.15, -0.1) is 0 Å². The van der Waals surface area contributed by atoms with E-state index in [0.29, 0.717) is 5.56 Å². The number of amides is 1. The highest BCUT2D eigenvalue weighted by atomic mass is 16.3. The van der Waals surface area contributed by atoms with Crippen molar-refractivity contribution < 1.29 is 9.90 Å². The summed E-state index contributed by atoms with van der Waals surface area (Å²) in [6, 6.07) is 13.2. The molecule has 0 saturated carbocycles. The predicted octanol–water partition coefficient (Wildman–Crippen LogP) is 2.80. The molecule has 116 valence electrons. The Hall–Kier alpha value is -2.17. The molecule has 2 N–H and O–H groups in total. The molecule has 0 fully saturated rings. The molecule has 4 heteroatoms. The molecule has 2 aromatic carbocycles. The lowest BCUT2D eigenvalue weighted by Gasteiger charge is -2.12. The number of carbonyl (C=O) groups excluding carboxylic acids is 1. The van der Waals surface area contributed by atoms with E-state index in [2.05, 4.69) is 10.2 Å². The molecule has 1 amide bonds. The van der Waals surface area contributed by atoms with E-state index >= 15 is 0 Å². The van der Waals surface area contributed by atoms with Crippen LogP contribution < -0.4 is 5.32 Å². The fourth-order valence-corrected chi connectivity index (χ4v) is 2.27. The second kappa shape index (κ2) is 7.20. The summed E-state index contributed by atoms with van der Waals surface area (Å²) in [6.07, 6.45) is 0. The second-order valence-electron chi connectivity index (χ2n) is 5.70. The molecule has 0 saturated heterocycles. The summed E-state index contributed by atoms with van der Waals surface area (Å²) >= 11 is 0. The van der Waals surface area contributed by atoms with Crippen LogP contribution in [-0.2, 0) is 13.2 Å². The van der Waals surface area contributed by atoms with Crippen molar-refractivity contribution in [1.82, 2.24) is 4.90 Å². The van der Waals surface area contributed by atoms with Gasteiger partial charge in [0.1, 0.15) is 0 Å². The van der Waals surface area contributed by atoms with Gasteiger partial charge in [-0.05, 0) is 55.9 Å². The van der Waals surface area contributed by atoms with Crippen molar-refractivity contribution >= 4 is 11.6 Å². The van der Waals surface area contributed by atoms with Gasteiger partial charge in [0.2, 0.25) is 0 Å². The maximum atomic E-state index is 12.4. The predicted molar refractivity (Wildman–Crippen MR) is 88.9 cm³/mol. The molecule has 2 aromatic rings. The molecule has 2 rings (SSSR count). The van der Waals surface area contributed by atoms with Crippen molar-refractivity contribution in [3.63, 3.8) is 0 Å². The van der Waals surface area contributed by atoms with Gasteiger partial charge >= 0.3 is 0 Å². The number of anilines is 1. The van der Waals surface area contributed by atoms with Crippen LogP contribution in [0.1, 0.15) is 27.0 Å². The van der Waals surface area contributed by atoms with Crippen LogP contribution in [-0.4, -0.2) is 30.0 Å². The van der Waals surface area contributed by atoms with Crippen LogP contribution in [0, 0.1) is 6.92 Å². The fraction of sp³-hybridized carbons (Fsp3) is 0.278. The minimum absolute atomic E-state index is 0.0402. The summed E-state index contributed by atoms with van der Waals surface area (Å²) in [6.45, 7) is 2.68. The lowest BCUT2D eigenvalue weighted by Crippen LogP contribution is -2.15. The molecule has 0 aliphatic heterocycles. The van der Waals surface area contributed by atoms with E-state index in [-0.39, 0.29) is 12.5 Å². The Morgan fingerprint density at radius 1 is 1.14 bits per heavy atom. The highest BCUT2D eigenvalue weighted by molar-refractivity contribution is 6.04. The minimum atomic E-state index is -0.140. The second-order valence-corrected chi connectivity index (χ2v) is 5.70. The number of nitrogens with zero attached hydrogens (tertiary/aromatic N) is 1. The van der Waals surface area contributed by atoms with Crippen LogP contribution in [0.3, 0.4) is 0 Å². The molecular formula is C18H22N2O2. The van der Waals surface area contributed by atoms with Crippen molar-refractivity contribution in [3.05, 3.63) is 64.7 Å². The average Bonchev–Trinajstić information content (AvgIpc) is 2.49. The average molecular weight is 298 g/mol. The molecule has 0 aliphatic carbocycles. The van der Waals surface area contributed by atoms with Crippen molar-refractivity contribution in [2.75, 3.05) is 19.4 Å². The van der Waals surface area contributed by atoms with Gasteiger partial charge in [-0.2, -0.15) is 0 Å². The van der Waals surface area contributed by atoms with Gasteiger partial charge < -0.3 is 15.3 Å². The Morgan fingerprint density at radius 3 is 2.59 bits per heavy atom. The number of benzene rings is 2. The van der Waals surface area contributed by atoms with E-state index in [1.165, 1.54) is 0 Å². The number of aliphatic hydroxyl groups excluding tert-OH is 1. The molecule has 0 bridgehead atoms. The van der Waals surface area contributed by atoms with Crippen LogP contribution in [0.2, 0.25) is 0 Å². The number of carbonyl (C=O) groups is 1. The number of rotatable bonds is 5. The Morgan fingerprint density at radius 2 is 1.91 bits per heavy atom. The monoisotopic (exact) mass is 298 g/mol. The Kier molecular flexibility index (Phi) is 5.31. The SMILES string of the molecule is Cc1ccc(CO)cc1NC(=O)c1cccc(CN(C)C)c1. The Bertz CT molecular complexity index is 666. The molecule has 0 heterocycles. The van der Waals surface area contributed by atoms with Gasteiger partial charge in [0, 0.05) is 17.8 Å². The largest absolute Gasteiger partial charge is 0.392 e. The van der Waals surface area contributed by atoms with E-state index in [4.69, 9.17) is 0 Å². The zero-order chi connectivity index (χ0) is 16.1. The van der Waals surface area contributed by atoms with E-state index in [0.717, 1.165) is 28.9 Å². The first-order chi connectivity index (χ1) is 10.5. The van der Waals surface area contributed by atoms with Crippen molar-refractivity contribution in [1.29, 1.82) is 0 Å². The number of aryl methyl sites for hydroxylation is 1. The molecule has 0 spiro atoms. The third-order valence-electron chi connectivity index (χ3n) is 3.42. The molecular weight excluding hydrogens is 276 g/mol. The zero-order valence-corrected chi connectivity index (χ0v) is 13.3. The quantitative estimate of drug-likeness (QED) is 0.892. The Labute approximate surface area is 131 Å². The number of nitrogens with one attached hydrogen (secondary N) is 1. The highest BCUT2D eigenvalue weighted by Gasteiger charge is 2.09. The minimum Gasteiger partial charge on any atom is -0.392 e. The number of aliphatic hydroxyl groups is 1. The molecule has 4 nitrogen and oxygen atoms in total. The van der Waals surface area contributed by atoms with Crippen molar-refractivity contribution in [2.45, 2.75) is 20.1 Å². The van der Waals surface area contributed by atoms with E-state index < -0.39 is 0 Å². The van der Waals surface area contributed by atoms with Crippen LogP contribution in [0.15, 0.2) is 42.5 Å². The van der Waals surface area contributed by atoms with Gasteiger partial charge in [-0.1, -0.05) is 24.3 Å². The first-order valence-corrected chi connectivity index (χ1v) is 7.25. The van der Waals surface area contributed by atoms with Gasteiger partial charge in [0.05, 0.1) is 6.61 Å². The maximum Gasteiger partial charge on any atom is 0.255 e. The van der Waals surface area contributed by atoms with Crippen LogP contribution in [0.25, 0.3) is 0 Å². The van der Waals surface area contributed by atoms with Gasteiger partial charge in [-0.3, -0.25) is 4.79 Å². The topological polar surface area (TPSA) is 52.6 Å². The standard InChI is InChI=1S/C18H22N2O2/c1-13-7-8-15(12-21)10-17(13)19-18(22)16-6-4-5-14(9-16)11-20(2)3/h4-10,21H,11-12H2,1-3H3,(H,19,22). The normalized spacial score (nSPS) is 10.8. The maximum absolute atomic E-state index is 12.4. The van der Waals surface area contributed by atoms with Crippen LogP contribution in [0.5, 0.6) is 0 Å². The molecule has 0 aromatic heterocycles. The fourth-order valence-electron chi connectivity index (χ4n) is 2.27. The first-order valence-electron chi connectivity index (χ1n) is 7.25. The Balaban J connectivity index is 2.19. The van der Waals surface area contributed by atoms with Crippen molar-refractivity contribution in [3.8, 4) is 0 Å². The first kappa shape index (κ1) is 16.2. The summed E-state index contributed by atoms with van der Waals surface area (Å²) in [5.41, 5.74) is 4.21. The molecule has 0 aliphatic rings. The summed E-state index contributed by atoms with van der Waals surface area (Å²) < 4.78 is 0. The van der Waals surface area contributed by atoms with Gasteiger partial charge in [0.25, 0.3) is 5.91 Å². The van der Waals surface area contributed by atoms with Crippen LogP contribution >= 0.6 is 0 Å². The number of hydrogen-bond acceptors (Lipinski definition) is 3. The zero-order valence-electron chi connectivity index (χ0n) is 13.3. The third-order valence-corrected chi connectivity index (χ3v) is 3.42. The molecule has 0 radical (unpaired) electrons. The van der Waals surface area contributed by atoms with Crippen LogP contribution in [0.4, 0.5) is 5.69 Å². The van der Waals surface area contributed by atoms with Gasteiger partial charge in [-0.25, -0.2) is 0 Å².